The molecule has 18 heavy (non-hydrogen) atoms. The van der Waals surface area contributed by atoms with Crippen molar-refractivity contribution in [3.05, 3.63) is 24.3 Å². The van der Waals surface area contributed by atoms with Gasteiger partial charge in [-0.15, -0.1) is 0 Å². The fourth-order valence-electron chi connectivity index (χ4n) is 1.90. The summed E-state index contributed by atoms with van der Waals surface area (Å²) in [5.41, 5.74) is 7.49. The maximum absolute atomic E-state index is 11.9. The lowest BCUT2D eigenvalue weighted by molar-refractivity contribution is -0.146. The van der Waals surface area contributed by atoms with Crippen molar-refractivity contribution in [3.8, 4) is 0 Å². The van der Waals surface area contributed by atoms with Gasteiger partial charge < -0.3 is 10.5 Å². The Bertz CT molecular complexity index is 562. The second kappa shape index (κ2) is 5.08. The topological polar surface area (TPSA) is 70.1 Å². The van der Waals surface area contributed by atoms with E-state index in [1.807, 2.05) is 31.2 Å². The molecule has 2 aromatic rings. The molecular weight excluding hydrogens is 230 g/mol. The standard InChI is InChI=1S/C13H17N3O2/c1-3-8-18-12(17)9(2)16-11-7-5-4-6-10(11)15-13(16)14/h4-7,9H,3,8H2,1-2H3,(H2,14,15). The van der Waals surface area contributed by atoms with E-state index >= 15 is 0 Å². The molecule has 0 radical (unpaired) electrons. The number of nitrogens with two attached hydrogens (primary N) is 1. The zero-order chi connectivity index (χ0) is 13.1. The number of hydrogen-bond donors (Lipinski definition) is 1. The Morgan fingerprint density at radius 1 is 1.50 bits per heavy atom. The molecule has 0 aliphatic heterocycles. The normalized spacial score (nSPS) is 12.6. The van der Waals surface area contributed by atoms with Crippen LogP contribution in [-0.4, -0.2) is 22.1 Å². The average molecular weight is 247 g/mol. The fourth-order valence-corrected chi connectivity index (χ4v) is 1.90. The van der Waals surface area contributed by atoms with Crippen LogP contribution in [0.3, 0.4) is 0 Å². The average Bonchev–Trinajstić information content (AvgIpc) is 2.70. The minimum Gasteiger partial charge on any atom is -0.464 e. The number of benzene rings is 1. The number of nitrogen functional groups attached to an aromatic ring is 1. The minimum atomic E-state index is -0.469. The van der Waals surface area contributed by atoms with Gasteiger partial charge in [0.1, 0.15) is 6.04 Å². The lowest BCUT2D eigenvalue weighted by Crippen LogP contribution is -2.20. The molecule has 2 rings (SSSR count). The van der Waals surface area contributed by atoms with Crippen molar-refractivity contribution in [3.63, 3.8) is 0 Å². The molecule has 5 heteroatoms. The number of carbonyl (C=O) groups excluding carboxylic acids is 1. The smallest absolute Gasteiger partial charge is 0.328 e. The zero-order valence-corrected chi connectivity index (χ0v) is 10.6. The Morgan fingerprint density at radius 3 is 2.94 bits per heavy atom. The van der Waals surface area contributed by atoms with Gasteiger partial charge >= 0.3 is 5.97 Å². The highest BCUT2D eigenvalue weighted by Gasteiger charge is 2.21. The SMILES string of the molecule is CCCOC(=O)C(C)n1c(N)nc2ccccc21. The van der Waals surface area contributed by atoms with Crippen LogP contribution in [0.15, 0.2) is 24.3 Å². The first-order valence-electron chi connectivity index (χ1n) is 6.04. The Morgan fingerprint density at radius 2 is 2.22 bits per heavy atom. The van der Waals surface area contributed by atoms with Gasteiger partial charge in [0.05, 0.1) is 17.6 Å². The summed E-state index contributed by atoms with van der Waals surface area (Å²) in [7, 11) is 0. The maximum atomic E-state index is 11.9. The summed E-state index contributed by atoms with van der Waals surface area (Å²) in [6.07, 6.45) is 0.804. The van der Waals surface area contributed by atoms with Crippen molar-refractivity contribution >= 4 is 23.0 Å². The van der Waals surface area contributed by atoms with E-state index in [2.05, 4.69) is 4.98 Å². The number of imidazole rings is 1. The van der Waals surface area contributed by atoms with Crippen molar-refractivity contribution in [2.75, 3.05) is 12.3 Å². The molecule has 1 atom stereocenters. The monoisotopic (exact) mass is 247 g/mol. The molecule has 0 fully saturated rings. The first-order chi connectivity index (χ1) is 8.65. The molecule has 1 heterocycles. The quantitative estimate of drug-likeness (QED) is 0.840. The van der Waals surface area contributed by atoms with Gasteiger partial charge in [-0.3, -0.25) is 4.57 Å². The van der Waals surface area contributed by atoms with Gasteiger partial charge in [0.15, 0.2) is 0 Å². The molecule has 1 aromatic carbocycles. The summed E-state index contributed by atoms with van der Waals surface area (Å²) < 4.78 is 6.84. The number of nitrogens with zero attached hydrogens (tertiary/aromatic N) is 2. The highest BCUT2D eigenvalue weighted by atomic mass is 16.5. The number of anilines is 1. The molecule has 2 N–H and O–H groups in total. The number of hydrogen-bond acceptors (Lipinski definition) is 4. The van der Waals surface area contributed by atoms with Gasteiger partial charge in [-0.1, -0.05) is 19.1 Å². The molecule has 0 bridgehead atoms. The van der Waals surface area contributed by atoms with E-state index in [9.17, 15) is 4.79 Å². The van der Waals surface area contributed by atoms with Crippen molar-refractivity contribution in [2.45, 2.75) is 26.3 Å². The Labute approximate surface area is 106 Å². The van der Waals surface area contributed by atoms with Crippen LogP contribution in [0.1, 0.15) is 26.3 Å². The van der Waals surface area contributed by atoms with E-state index in [0.717, 1.165) is 17.5 Å². The number of ether oxygens (including phenoxy) is 1. The van der Waals surface area contributed by atoms with Crippen molar-refractivity contribution in [1.29, 1.82) is 0 Å². The van der Waals surface area contributed by atoms with Crippen LogP contribution >= 0.6 is 0 Å². The van der Waals surface area contributed by atoms with E-state index in [1.54, 1.807) is 11.5 Å². The molecule has 1 aromatic heterocycles. The highest BCUT2D eigenvalue weighted by molar-refractivity contribution is 5.82. The van der Waals surface area contributed by atoms with Crippen LogP contribution in [0.2, 0.25) is 0 Å². The van der Waals surface area contributed by atoms with E-state index < -0.39 is 6.04 Å². The molecular formula is C13H17N3O2. The van der Waals surface area contributed by atoms with Crippen molar-refractivity contribution in [2.24, 2.45) is 0 Å². The van der Waals surface area contributed by atoms with Crippen LogP contribution in [0.4, 0.5) is 5.95 Å². The minimum absolute atomic E-state index is 0.285. The molecule has 0 aliphatic rings. The third kappa shape index (κ3) is 2.16. The largest absolute Gasteiger partial charge is 0.464 e. The number of para-hydroxylation sites is 2. The number of aromatic nitrogens is 2. The first kappa shape index (κ1) is 12.4. The summed E-state index contributed by atoms with van der Waals surface area (Å²) in [5, 5.41) is 0. The predicted octanol–water partition coefficient (Wildman–Crippen LogP) is 2.13. The van der Waals surface area contributed by atoms with Crippen molar-refractivity contribution in [1.82, 2.24) is 9.55 Å². The number of esters is 1. The summed E-state index contributed by atoms with van der Waals surface area (Å²) in [4.78, 5) is 16.1. The molecule has 1 unspecified atom stereocenters. The maximum Gasteiger partial charge on any atom is 0.328 e. The van der Waals surface area contributed by atoms with Gasteiger partial charge in [-0.05, 0) is 25.5 Å². The lowest BCUT2D eigenvalue weighted by Gasteiger charge is -2.14. The molecule has 96 valence electrons. The summed E-state index contributed by atoms with van der Waals surface area (Å²) in [6, 6.07) is 7.07. The van der Waals surface area contributed by atoms with E-state index in [0.29, 0.717) is 12.6 Å². The molecule has 5 nitrogen and oxygen atoms in total. The van der Waals surface area contributed by atoms with Gasteiger partial charge in [0, 0.05) is 0 Å². The fraction of sp³-hybridized carbons (Fsp3) is 0.385. The van der Waals surface area contributed by atoms with Crippen LogP contribution < -0.4 is 5.73 Å². The van der Waals surface area contributed by atoms with Crippen LogP contribution in [0.25, 0.3) is 11.0 Å². The second-order valence-corrected chi connectivity index (χ2v) is 4.17. The summed E-state index contributed by atoms with van der Waals surface area (Å²) in [6.45, 7) is 4.15. The molecule has 0 amide bonds. The third-order valence-corrected chi connectivity index (χ3v) is 2.80. The second-order valence-electron chi connectivity index (χ2n) is 4.17. The Kier molecular flexibility index (Phi) is 3.50. The van der Waals surface area contributed by atoms with Crippen LogP contribution in [-0.2, 0) is 9.53 Å². The van der Waals surface area contributed by atoms with Gasteiger partial charge in [-0.2, -0.15) is 0 Å². The van der Waals surface area contributed by atoms with Crippen molar-refractivity contribution < 1.29 is 9.53 Å². The van der Waals surface area contributed by atoms with Gasteiger partial charge in [-0.25, -0.2) is 9.78 Å². The molecule has 0 spiro atoms. The van der Waals surface area contributed by atoms with Gasteiger partial charge in [0.2, 0.25) is 5.95 Å². The van der Waals surface area contributed by atoms with E-state index in [-0.39, 0.29) is 5.97 Å². The Hall–Kier alpha value is -2.04. The van der Waals surface area contributed by atoms with Gasteiger partial charge in [0.25, 0.3) is 0 Å². The lowest BCUT2D eigenvalue weighted by atomic mass is 10.3. The molecule has 0 saturated carbocycles. The summed E-state index contributed by atoms with van der Waals surface area (Å²) in [5.74, 6) is 0.0452. The number of fused-ring (bicyclic) bond motifs is 1. The number of rotatable bonds is 4. The van der Waals surface area contributed by atoms with E-state index in [1.165, 1.54) is 0 Å². The first-order valence-corrected chi connectivity index (χ1v) is 6.04. The predicted molar refractivity (Wildman–Crippen MR) is 70.1 cm³/mol. The zero-order valence-electron chi connectivity index (χ0n) is 10.6. The highest BCUT2D eigenvalue weighted by Crippen LogP contribution is 2.23. The Balaban J connectivity index is 2.35. The van der Waals surface area contributed by atoms with E-state index in [4.69, 9.17) is 10.5 Å². The molecule has 0 saturated heterocycles. The van der Waals surface area contributed by atoms with Crippen LogP contribution in [0, 0.1) is 0 Å². The third-order valence-electron chi connectivity index (χ3n) is 2.80. The number of carbonyl (C=O) groups is 1. The van der Waals surface area contributed by atoms with Crippen LogP contribution in [0.5, 0.6) is 0 Å². The summed E-state index contributed by atoms with van der Waals surface area (Å²) >= 11 is 0. The molecule has 0 aliphatic carbocycles.